The van der Waals surface area contributed by atoms with Gasteiger partial charge >= 0.3 is 0 Å². The van der Waals surface area contributed by atoms with E-state index in [1.807, 2.05) is 25.1 Å². The molecule has 0 atom stereocenters. The Morgan fingerprint density at radius 3 is 2.44 bits per heavy atom. The quantitative estimate of drug-likeness (QED) is 0.327. The average Bonchev–Trinajstić information content (AvgIpc) is 2.68. The fraction of sp³-hybridized carbons (Fsp3) is 0.100. The normalized spacial score (nSPS) is 10.7. The highest BCUT2D eigenvalue weighted by atomic mass is 16.6. The lowest BCUT2D eigenvalue weighted by Crippen LogP contribution is -1.96. The third-order valence-corrected chi connectivity index (χ3v) is 3.85. The average molecular weight is 362 g/mol. The minimum atomic E-state index is -0.417. The van der Waals surface area contributed by atoms with Gasteiger partial charge in [-0.15, -0.1) is 5.11 Å². The number of hydrogen-bond donors (Lipinski definition) is 1. The summed E-state index contributed by atoms with van der Waals surface area (Å²) in [4.78, 5) is 10.7. The molecule has 3 aromatic rings. The zero-order valence-corrected chi connectivity index (χ0v) is 14.9. The Labute approximate surface area is 156 Å². The Kier molecular flexibility index (Phi) is 5.41. The van der Waals surface area contributed by atoms with Crippen molar-refractivity contribution in [2.45, 2.75) is 6.92 Å². The molecule has 0 amide bonds. The van der Waals surface area contributed by atoms with E-state index in [1.54, 1.807) is 49.6 Å². The summed E-state index contributed by atoms with van der Waals surface area (Å²) < 4.78 is 5.29. The zero-order chi connectivity index (χ0) is 19.2. The number of nitro benzene ring substituents is 1. The van der Waals surface area contributed by atoms with E-state index in [2.05, 4.69) is 15.5 Å². The van der Waals surface area contributed by atoms with Crippen LogP contribution < -0.4 is 10.1 Å². The van der Waals surface area contributed by atoms with E-state index in [9.17, 15) is 10.1 Å². The first kappa shape index (κ1) is 18.1. The van der Waals surface area contributed by atoms with Crippen molar-refractivity contribution in [1.29, 1.82) is 0 Å². The summed E-state index contributed by atoms with van der Waals surface area (Å²) in [5.41, 5.74) is 3.55. The van der Waals surface area contributed by atoms with Crippen LogP contribution in [0.3, 0.4) is 0 Å². The van der Waals surface area contributed by atoms with Crippen LogP contribution in [0, 0.1) is 17.0 Å². The molecule has 7 heteroatoms. The van der Waals surface area contributed by atoms with Gasteiger partial charge in [0.1, 0.15) is 17.1 Å². The Morgan fingerprint density at radius 2 is 1.74 bits per heavy atom. The molecule has 136 valence electrons. The molecule has 0 saturated carbocycles. The summed E-state index contributed by atoms with van der Waals surface area (Å²) in [6.45, 7) is 1.97. The molecule has 0 aromatic heterocycles. The second-order valence-electron chi connectivity index (χ2n) is 5.82. The lowest BCUT2D eigenvalue weighted by atomic mass is 10.2. The first-order valence-corrected chi connectivity index (χ1v) is 8.24. The molecule has 0 heterocycles. The number of nitro groups is 1. The summed E-state index contributed by atoms with van der Waals surface area (Å²) in [7, 11) is 1.59. The van der Waals surface area contributed by atoms with Crippen molar-refractivity contribution in [2.24, 2.45) is 10.2 Å². The van der Waals surface area contributed by atoms with Crippen molar-refractivity contribution in [3.63, 3.8) is 0 Å². The third-order valence-electron chi connectivity index (χ3n) is 3.85. The van der Waals surface area contributed by atoms with Crippen LogP contribution in [0.5, 0.6) is 5.75 Å². The molecule has 7 nitrogen and oxygen atoms in total. The van der Waals surface area contributed by atoms with Crippen molar-refractivity contribution in [3.05, 3.63) is 82.4 Å². The van der Waals surface area contributed by atoms with Crippen molar-refractivity contribution in [1.82, 2.24) is 0 Å². The second kappa shape index (κ2) is 8.09. The van der Waals surface area contributed by atoms with Gasteiger partial charge in [-0.2, -0.15) is 5.11 Å². The fourth-order valence-electron chi connectivity index (χ4n) is 2.50. The van der Waals surface area contributed by atoms with Gasteiger partial charge in [0.15, 0.2) is 0 Å². The van der Waals surface area contributed by atoms with Crippen molar-refractivity contribution in [3.8, 4) is 5.75 Å². The highest BCUT2D eigenvalue weighted by molar-refractivity contribution is 5.70. The molecule has 0 bridgehead atoms. The van der Waals surface area contributed by atoms with Crippen molar-refractivity contribution < 1.29 is 9.66 Å². The predicted molar refractivity (Wildman–Crippen MR) is 105 cm³/mol. The minimum absolute atomic E-state index is 0.0211. The number of hydrogen-bond acceptors (Lipinski definition) is 6. The predicted octanol–water partition coefficient (Wildman–Crippen LogP) is 6.07. The van der Waals surface area contributed by atoms with Crippen LogP contribution in [0.25, 0.3) is 0 Å². The van der Waals surface area contributed by atoms with E-state index in [-0.39, 0.29) is 5.69 Å². The lowest BCUT2D eigenvalue weighted by molar-refractivity contribution is -0.383. The minimum Gasteiger partial charge on any atom is -0.494 e. The molecule has 0 spiro atoms. The number of aryl methyl sites for hydroxylation is 1. The maximum Gasteiger partial charge on any atom is 0.292 e. The number of anilines is 2. The molecular weight excluding hydrogens is 344 g/mol. The highest BCUT2D eigenvalue weighted by Gasteiger charge is 2.12. The summed E-state index contributed by atoms with van der Waals surface area (Å²) in [5.74, 6) is 0.652. The van der Waals surface area contributed by atoms with Crippen LogP contribution >= 0.6 is 0 Å². The van der Waals surface area contributed by atoms with Gasteiger partial charge in [0, 0.05) is 11.8 Å². The smallest absolute Gasteiger partial charge is 0.292 e. The van der Waals surface area contributed by atoms with E-state index < -0.39 is 4.92 Å². The van der Waals surface area contributed by atoms with Gasteiger partial charge in [-0.25, -0.2) is 0 Å². The van der Waals surface area contributed by atoms with Gasteiger partial charge in [0.05, 0.1) is 17.7 Å². The van der Waals surface area contributed by atoms with Crippen LogP contribution in [0.15, 0.2) is 77.0 Å². The maximum atomic E-state index is 11.1. The molecule has 0 aliphatic rings. The Hall–Kier alpha value is -3.74. The number of methoxy groups -OCH3 is 1. The monoisotopic (exact) mass is 362 g/mol. The summed E-state index contributed by atoms with van der Waals surface area (Å²) in [6.07, 6.45) is 0. The highest BCUT2D eigenvalue weighted by Crippen LogP contribution is 2.31. The third kappa shape index (κ3) is 4.46. The van der Waals surface area contributed by atoms with Crippen LogP contribution in [-0.4, -0.2) is 12.0 Å². The summed E-state index contributed by atoms with van der Waals surface area (Å²) >= 11 is 0. The topological polar surface area (TPSA) is 89.1 Å². The largest absolute Gasteiger partial charge is 0.494 e. The van der Waals surface area contributed by atoms with Gasteiger partial charge < -0.3 is 10.1 Å². The Bertz CT molecular complexity index is 985. The molecule has 1 N–H and O–H groups in total. The van der Waals surface area contributed by atoms with E-state index in [1.165, 1.54) is 6.07 Å². The van der Waals surface area contributed by atoms with Crippen LogP contribution in [0.4, 0.5) is 28.4 Å². The Balaban J connectivity index is 1.77. The number of nitrogens with one attached hydrogen (secondary N) is 1. The number of para-hydroxylation sites is 2. The first-order valence-electron chi connectivity index (χ1n) is 8.24. The molecule has 0 radical (unpaired) electrons. The molecule has 0 saturated heterocycles. The standard InChI is InChI=1S/C20H18N4O3/c1-14-7-12-20(27-2)18(13-14)23-22-16-10-8-15(9-11-16)21-17-5-3-4-6-19(17)24(25)26/h3-13,21H,1-2H3. The maximum absolute atomic E-state index is 11.1. The van der Waals surface area contributed by atoms with Gasteiger partial charge in [-0.05, 0) is 55.0 Å². The molecule has 0 aliphatic carbocycles. The van der Waals surface area contributed by atoms with E-state index >= 15 is 0 Å². The van der Waals surface area contributed by atoms with Gasteiger partial charge in [0.25, 0.3) is 5.69 Å². The number of rotatable bonds is 6. The van der Waals surface area contributed by atoms with Crippen molar-refractivity contribution >= 4 is 28.4 Å². The fourth-order valence-corrected chi connectivity index (χ4v) is 2.50. The molecule has 3 aromatic carbocycles. The molecule has 27 heavy (non-hydrogen) atoms. The van der Waals surface area contributed by atoms with Gasteiger partial charge in [-0.3, -0.25) is 10.1 Å². The Morgan fingerprint density at radius 1 is 1.00 bits per heavy atom. The van der Waals surface area contributed by atoms with Crippen molar-refractivity contribution in [2.75, 3.05) is 12.4 Å². The molecule has 0 unspecified atom stereocenters. The number of azo groups is 1. The molecule has 0 fully saturated rings. The molecule has 3 rings (SSSR count). The van der Waals surface area contributed by atoms with Gasteiger partial charge in [-0.1, -0.05) is 18.2 Å². The number of nitrogens with zero attached hydrogens (tertiary/aromatic N) is 3. The zero-order valence-electron chi connectivity index (χ0n) is 14.9. The lowest BCUT2D eigenvalue weighted by Gasteiger charge is -2.07. The van der Waals surface area contributed by atoms with Crippen LogP contribution in [0.2, 0.25) is 0 Å². The van der Waals surface area contributed by atoms with E-state index in [0.29, 0.717) is 22.8 Å². The summed E-state index contributed by atoms with van der Waals surface area (Å²) in [6, 6.07) is 19.3. The number of benzene rings is 3. The summed E-state index contributed by atoms with van der Waals surface area (Å²) in [5, 5.41) is 22.6. The van der Waals surface area contributed by atoms with E-state index in [0.717, 1.165) is 11.3 Å². The van der Waals surface area contributed by atoms with Crippen LogP contribution in [-0.2, 0) is 0 Å². The molecular formula is C20H18N4O3. The van der Waals surface area contributed by atoms with Crippen LogP contribution in [0.1, 0.15) is 5.56 Å². The van der Waals surface area contributed by atoms with Gasteiger partial charge in [0.2, 0.25) is 0 Å². The van der Waals surface area contributed by atoms with E-state index in [4.69, 9.17) is 4.74 Å². The number of ether oxygens (including phenoxy) is 1. The SMILES string of the molecule is COc1ccc(C)cc1N=Nc1ccc(Nc2ccccc2[N+](=O)[O-])cc1. The second-order valence-corrected chi connectivity index (χ2v) is 5.82. The first-order chi connectivity index (χ1) is 13.1. The molecule has 0 aliphatic heterocycles.